The van der Waals surface area contributed by atoms with Crippen molar-refractivity contribution in [2.45, 2.75) is 44.6 Å². The lowest BCUT2D eigenvalue weighted by Gasteiger charge is -2.38. The lowest BCUT2D eigenvalue weighted by Crippen LogP contribution is -2.46. The predicted octanol–water partition coefficient (Wildman–Crippen LogP) is 5.00. The number of hydrogen-bond donors (Lipinski definition) is 3. The van der Waals surface area contributed by atoms with Crippen LogP contribution in [-0.2, 0) is 27.5 Å². The van der Waals surface area contributed by atoms with Crippen molar-refractivity contribution < 1.29 is 69.2 Å². The van der Waals surface area contributed by atoms with E-state index < -0.39 is 36.4 Å². The fourth-order valence-electron chi connectivity index (χ4n) is 4.26. The molecule has 1 aliphatic heterocycles. The number of aryl methyl sites for hydroxylation is 1. The number of pyridine rings is 2. The highest BCUT2D eigenvalue weighted by Crippen LogP contribution is 2.27. The summed E-state index contributed by atoms with van der Waals surface area (Å²) in [4.78, 5) is 40.8. The zero-order chi connectivity index (χ0) is 38.7. The molecule has 1 saturated heterocycles. The van der Waals surface area contributed by atoms with Crippen LogP contribution in [0.3, 0.4) is 0 Å². The number of aliphatic carboxylic acids is 3. The van der Waals surface area contributed by atoms with Crippen LogP contribution < -0.4 is 0 Å². The number of hydrogen-bond acceptors (Lipinski definition) is 8. The minimum Gasteiger partial charge on any atom is -0.475 e. The molecule has 13 nitrogen and oxygen atoms in total. The van der Waals surface area contributed by atoms with Gasteiger partial charge < -0.3 is 15.3 Å². The van der Waals surface area contributed by atoms with E-state index in [4.69, 9.17) is 34.7 Å². The van der Waals surface area contributed by atoms with Gasteiger partial charge in [0.15, 0.2) is 0 Å². The van der Waals surface area contributed by atoms with E-state index in [-0.39, 0.29) is 6.04 Å². The van der Waals surface area contributed by atoms with Crippen LogP contribution in [0.4, 0.5) is 39.5 Å². The van der Waals surface area contributed by atoms with E-state index in [0.717, 1.165) is 55.3 Å². The summed E-state index contributed by atoms with van der Waals surface area (Å²) in [5.74, 6) is -8.27. The summed E-state index contributed by atoms with van der Waals surface area (Å²) in [6.45, 7) is 7.00. The number of likely N-dealkylation sites (N-methyl/N-ethyl adjacent to an activating group) is 1. The summed E-state index contributed by atoms with van der Waals surface area (Å²) < 4.78 is 99.4. The zero-order valence-electron chi connectivity index (χ0n) is 26.5. The second-order valence-corrected chi connectivity index (χ2v) is 10.4. The molecule has 5 heterocycles. The summed E-state index contributed by atoms with van der Waals surface area (Å²) in [6, 6.07) is 10.6. The maximum absolute atomic E-state index is 10.6. The monoisotopic (exact) mass is 743 g/mol. The maximum atomic E-state index is 10.6. The van der Waals surface area contributed by atoms with Crippen molar-refractivity contribution in [3.05, 3.63) is 72.6 Å². The minimum atomic E-state index is -5.08. The molecule has 0 spiro atoms. The van der Waals surface area contributed by atoms with Gasteiger partial charge in [0.2, 0.25) is 0 Å². The average Bonchev–Trinajstić information content (AvgIpc) is 3.69. The number of halogens is 9. The second kappa shape index (κ2) is 17.6. The Kier molecular flexibility index (Phi) is 14.5. The third-order valence-electron chi connectivity index (χ3n) is 6.70. The van der Waals surface area contributed by atoms with E-state index >= 15 is 0 Å². The Labute approximate surface area is 282 Å². The number of imidazole rings is 1. The molecule has 0 aromatic carbocycles. The molecule has 0 radical (unpaired) electrons. The standard InChI is InChI=1S/C23H27N7.3C2HF3O2/c1-3-29-15-18(13-25-29)14-28-12-11-27(2)22(17-28)20-16-30-21(5-4-6-23(30)26-20)19-7-9-24-10-8-19;3*3-2(4,5)1(6)7/h4-10,13,15-16,22H,3,11-12,14,17H2,1-2H3;3*(H,6,7). The van der Waals surface area contributed by atoms with E-state index in [1.54, 1.807) is 0 Å². The van der Waals surface area contributed by atoms with Crippen LogP contribution >= 0.6 is 0 Å². The average molecular weight is 744 g/mol. The zero-order valence-corrected chi connectivity index (χ0v) is 26.5. The summed E-state index contributed by atoms with van der Waals surface area (Å²) in [5.41, 5.74) is 5.65. The van der Waals surface area contributed by atoms with Crippen molar-refractivity contribution in [1.29, 1.82) is 0 Å². The molecule has 280 valence electrons. The van der Waals surface area contributed by atoms with Gasteiger partial charge in [-0.05, 0) is 38.2 Å². The van der Waals surface area contributed by atoms with E-state index in [1.165, 1.54) is 5.56 Å². The maximum Gasteiger partial charge on any atom is 0.490 e. The summed E-state index contributed by atoms with van der Waals surface area (Å²) in [6.07, 6.45) is -5.24. The van der Waals surface area contributed by atoms with E-state index in [9.17, 15) is 39.5 Å². The molecular weight excluding hydrogens is 713 g/mol. The van der Waals surface area contributed by atoms with Crippen molar-refractivity contribution in [2.75, 3.05) is 26.7 Å². The number of nitrogens with zero attached hydrogens (tertiary/aromatic N) is 7. The van der Waals surface area contributed by atoms with Crippen molar-refractivity contribution in [1.82, 2.24) is 33.9 Å². The van der Waals surface area contributed by atoms with Gasteiger partial charge in [-0.3, -0.25) is 23.9 Å². The molecule has 1 atom stereocenters. The number of rotatable bonds is 5. The Hall–Kier alpha value is -5.25. The van der Waals surface area contributed by atoms with E-state index in [0.29, 0.717) is 0 Å². The van der Waals surface area contributed by atoms with Gasteiger partial charge in [0, 0.05) is 68.6 Å². The third-order valence-corrected chi connectivity index (χ3v) is 6.70. The van der Waals surface area contributed by atoms with Gasteiger partial charge in [-0.1, -0.05) is 6.07 Å². The van der Waals surface area contributed by atoms with Gasteiger partial charge in [-0.2, -0.15) is 44.6 Å². The van der Waals surface area contributed by atoms with Gasteiger partial charge in [-0.15, -0.1) is 0 Å². The van der Waals surface area contributed by atoms with Crippen LogP contribution in [0.5, 0.6) is 0 Å². The fraction of sp³-hybridized carbons (Fsp3) is 0.379. The molecule has 51 heavy (non-hydrogen) atoms. The number of piperazine rings is 1. The molecule has 0 bridgehead atoms. The van der Waals surface area contributed by atoms with Crippen LogP contribution in [0.25, 0.3) is 16.9 Å². The van der Waals surface area contributed by atoms with Crippen LogP contribution in [0.15, 0.2) is 61.3 Å². The summed E-state index contributed by atoms with van der Waals surface area (Å²) in [5, 5.41) is 25.8. The molecule has 1 fully saturated rings. The summed E-state index contributed by atoms with van der Waals surface area (Å²) in [7, 11) is 2.20. The Morgan fingerprint density at radius 3 is 1.82 bits per heavy atom. The van der Waals surface area contributed by atoms with Crippen LogP contribution in [-0.4, -0.2) is 112 Å². The van der Waals surface area contributed by atoms with Crippen molar-refractivity contribution in [3.63, 3.8) is 0 Å². The SMILES string of the molecule is CCn1cc(CN2CCN(C)C(c3cn4c(-c5ccncc5)cccc4n3)C2)cn1.O=C(O)C(F)(F)F.O=C(O)C(F)(F)F.O=C(O)C(F)(F)F. The molecule has 0 saturated carbocycles. The first-order valence-corrected chi connectivity index (χ1v) is 14.3. The largest absolute Gasteiger partial charge is 0.490 e. The van der Waals surface area contributed by atoms with Crippen LogP contribution in [0.2, 0.25) is 0 Å². The third kappa shape index (κ3) is 13.2. The van der Waals surface area contributed by atoms with E-state index in [2.05, 4.69) is 68.8 Å². The number of alkyl halides is 9. The van der Waals surface area contributed by atoms with Crippen molar-refractivity contribution in [3.8, 4) is 11.3 Å². The lowest BCUT2D eigenvalue weighted by molar-refractivity contribution is -0.193. The highest BCUT2D eigenvalue weighted by molar-refractivity contribution is 5.73. The van der Waals surface area contributed by atoms with Gasteiger partial charge in [0.1, 0.15) is 5.65 Å². The minimum absolute atomic E-state index is 0.269. The Morgan fingerprint density at radius 2 is 1.35 bits per heavy atom. The van der Waals surface area contributed by atoms with Gasteiger partial charge >= 0.3 is 36.4 Å². The van der Waals surface area contributed by atoms with Gasteiger partial charge in [0.05, 0.1) is 23.6 Å². The molecule has 1 aliphatic rings. The molecule has 4 aromatic rings. The van der Waals surface area contributed by atoms with Crippen LogP contribution in [0.1, 0.15) is 24.2 Å². The highest BCUT2D eigenvalue weighted by atomic mass is 19.4. The molecule has 4 aromatic heterocycles. The fourth-order valence-corrected chi connectivity index (χ4v) is 4.26. The molecule has 0 aliphatic carbocycles. The Bertz CT molecular complexity index is 1690. The first-order chi connectivity index (χ1) is 23.5. The predicted molar refractivity (Wildman–Crippen MR) is 158 cm³/mol. The lowest BCUT2D eigenvalue weighted by atomic mass is 10.1. The van der Waals surface area contributed by atoms with Crippen molar-refractivity contribution in [2.24, 2.45) is 0 Å². The number of carboxylic acid groups (broad SMARTS) is 3. The van der Waals surface area contributed by atoms with Gasteiger partial charge in [0.25, 0.3) is 0 Å². The quantitative estimate of drug-likeness (QED) is 0.236. The number of fused-ring (bicyclic) bond motifs is 1. The number of carboxylic acids is 3. The normalized spacial score (nSPS) is 15.4. The first kappa shape index (κ1) is 41.9. The molecule has 22 heteroatoms. The molecule has 1 unspecified atom stereocenters. The molecule has 0 amide bonds. The first-order valence-electron chi connectivity index (χ1n) is 14.3. The van der Waals surface area contributed by atoms with E-state index in [1.807, 2.05) is 35.4 Å². The van der Waals surface area contributed by atoms with Crippen LogP contribution in [0, 0.1) is 0 Å². The van der Waals surface area contributed by atoms with Gasteiger partial charge in [-0.25, -0.2) is 19.4 Å². The summed E-state index contributed by atoms with van der Waals surface area (Å²) >= 11 is 0. The Morgan fingerprint density at radius 1 is 0.824 bits per heavy atom. The number of carbonyl (C=O) groups is 3. The smallest absolute Gasteiger partial charge is 0.475 e. The Balaban J connectivity index is 0.000000352. The molecular formula is C29H30F9N7O6. The molecule has 3 N–H and O–H groups in total. The highest BCUT2D eigenvalue weighted by Gasteiger charge is 2.39. The topological polar surface area (TPSA) is 166 Å². The second-order valence-electron chi connectivity index (χ2n) is 10.4. The molecule has 5 rings (SSSR count). The number of aromatic nitrogens is 5. The van der Waals surface area contributed by atoms with Crippen molar-refractivity contribution >= 4 is 23.6 Å².